The van der Waals surface area contributed by atoms with Crippen LogP contribution in [0.15, 0.2) is 18.2 Å². The summed E-state index contributed by atoms with van der Waals surface area (Å²) in [6, 6.07) is 6.36. The molecule has 1 fully saturated rings. The number of nitrogens with zero attached hydrogens (tertiary/aromatic N) is 2. The zero-order valence-corrected chi connectivity index (χ0v) is 12.7. The highest BCUT2D eigenvalue weighted by molar-refractivity contribution is 5.40. The molecule has 0 saturated carbocycles. The van der Waals surface area contributed by atoms with E-state index < -0.39 is 0 Å². The van der Waals surface area contributed by atoms with Crippen molar-refractivity contribution >= 4 is 5.82 Å². The maximum atomic E-state index is 4.77. The largest absolute Gasteiger partial charge is 0.356 e. The van der Waals surface area contributed by atoms with Gasteiger partial charge in [0.05, 0.1) is 5.69 Å². The predicted octanol–water partition coefficient (Wildman–Crippen LogP) is 3.06. The van der Waals surface area contributed by atoms with Gasteiger partial charge in [-0.3, -0.25) is 0 Å². The summed E-state index contributed by atoms with van der Waals surface area (Å²) in [4.78, 5) is 7.21. The molecule has 0 aromatic carbocycles. The minimum absolute atomic E-state index is 0.399. The smallest absolute Gasteiger partial charge is 0.128 e. The molecule has 2 rings (SSSR count). The molecule has 3 nitrogen and oxygen atoms in total. The van der Waals surface area contributed by atoms with E-state index >= 15 is 0 Å². The molecule has 1 atom stereocenters. The Bertz CT molecular complexity index is 409. The van der Waals surface area contributed by atoms with Gasteiger partial charge in [-0.1, -0.05) is 33.8 Å². The van der Waals surface area contributed by atoms with Gasteiger partial charge < -0.3 is 10.2 Å². The minimum Gasteiger partial charge on any atom is -0.356 e. The topological polar surface area (TPSA) is 28.2 Å². The van der Waals surface area contributed by atoms with Gasteiger partial charge in [-0.2, -0.15) is 0 Å². The van der Waals surface area contributed by atoms with Gasteiger partial charge in [0.25, 0.3) is 0 Å². The molecule has 0 radical (unpaired) electrons. The predicted molar refractivity (Wildman–Crippen MR) is 81.4 cm³/mol. The Kier molecular flexibility index (Phi) is 4.46. The fraction of sp³-hybridized carbons (Fsp3) is 0.688. The van der Waals surface area contributed by atoms with Crippen LogP contribution in [0.4, 0.5) is 5.82 Å². The molecule has 0 bridgehead atoms. The van der Waals surface area contributed by atoms with Crippen LogP contribution in [0.3, 0.4) is 0 Å². The fourth-order valence-corrected chi connectivity index (χ4v) is 2.67. The Morgan fingerprint density at radius 3 is 2.79 bits per heavy atom. The molecule has 1 aromatic rings. The Morgan fingerprint density at radius 1 is 1.37 bits per heavy atom. The van der Waals surface area contributed by atoms with Crippen LogP contribution in [0.1, 0.15) is 39.8 Å². The number of nitrogens with one attached hydrogen (secondary N) is 1. The van der Waals surface area contributed by atoms with Crippen molar-refractivity contribution in [3.05, 3.63) is 23.9 Å². The lowest BCUT2D eigenvalue weighted by atomic mass is 9.80. The van der Waals surface area contributed by atoms with Gasteiger partial charge in [-0.05, 0) is 36.4 Å². The zero-order chi connectivity index (χ0) is 13.9. The van der Waals surface area contributed by atoms with Crippen LogP contribution < -0.4 is 10.2 Å². The van der Waals surface area contributed by atoms with Gasteiger partial charge in [0.2, 0.25) is 0 Å². The van der Waals surface area contributed by atoms with E-state index in [-0.39, 0.29) is 0 Å². The summed E-state index contributed by atoms with van der Waals surface area (Å²) in [6.45, 7) is 13.3. The van der Waals surface area contributed by atoms with Crippen LogP contribution in [-0.2, 0) is 6.54 Å². The summed E-state index contributed by atoms with van der Waals surface area (Å²) in [5.74, 6) is 1.91. The number of anilines is 1. The second-order valence-corrected chi connectivity index (χ2v) is 6.57. The number of rotatable bonds is 4. The van der Waals surface area contributed by atoms with Crippen molar-refractivity contribution in [2.75, 3.05) is 24.5 Å². The lowest BCUT2D eigenvalue weighted by Gasteiger charge is -2.27. The Hall–Kier alpha value is -1.09. The molecule has 1 unspecified atom stereocenters. The molecule has 0 spiro atoms. The van der Waals surface area contributed by atoms with Crippen LogP contribution in [-0.4, -0.2) is 24.6 Å². The summed E-state index contributed by atoms with van der Waals surface area (Å²) in [5.41, 5.74) is 1.54. The van der Waals surface area contributed by atoms with Crippen molar-refractivity contribution in [1.82, 2.24) is 10.3 Å². The average molecular weight is 261 g/mol. The van der Waals surface area contributed by atoms with Crippen LogP contribution in [0.25, 0.3) is 0 Å². The van der Waals surface area contributed by atoms with Crippen molar-refractivity contribution < 1.29 is 0 Å². The number of hydrogen-bond donors (Lipinski definition) is 1. The third-order valence-corrected chi connectivity index (χ3v) is 4.09. The first-order valence-corrected chi connectivity index (χ1v) is 7.42. The number of aromatic nitrogens is 1. The molecule has 1 N–H and O–H groups in total. The van der Waals surface area contributed by atoms with Gasteiger partial charge in [0.1, 0.15) is 5.82 Å². The molecule has 3 heteroatoms. The molecule has 1 aliphatic heterocycles. The van der Waals surface area contributed by atoms with Crippen molar-refractivity contribution in [1.29, 1.82) is 0 Å². The quantitative estimate of drug-likeness (QED) is 0.903. The summed E-state index contributed by atoms with van der Waals surface area (Å²) in [7, 11) is 0. The molecule has 0 aliphatic carbocycles. The third-order valence-electron chi connectivity index (χ3n) is 4.09. The van der Waals surface area contributed by atoms with E-state index in [1.807, 2.05) is 0 Å². The Morgan fingerprint density at radius 2 is 2.16 bits per heavy atom. The normalized spacial score (nSPS) is 20.0. The fourth-order valence-electron chi connectivity index (χ4n) is 2.67. The van der Waals surface area contributed by atoms with Crippen molar-refractivity contribution in [2.24, 2.45) is 11.3 Å². The maximum absolute atomic E-state index is 4.77. The molecule has 1 aliphatic rings. The van der Waals surface area contributed by atoms with Crippen LogP contribution in [0.5, 0.6) is 0 Å². The highest BCUT2D eigenvalue weighted by atomic mass is 15.2. The van der Waals surface area contributed by atoms with Crippen LogP contribution >= 0.6 is 0 Å². The molecule has 1 saturated heterocycles. The number of hydrogen-bond acceptors (Lipinski definition) is 3. The molecule has 2 heterocycles. The van der Waals surface area contributed by atoms with Crippen molar-refractivity contribution in [3.63, 3.8) is 0 Å². The summed E-state index contributed by atoms with van der Waals surface area (Å²) in [6.07, 6.45) is 1.28. The van der Waals surface area contributed by atoms with E-state index in [9.17, 15) is 0 Å². The van der Waals surface area contributed by atoms with Gasteiger partial charge in [-0.25, -0.2) is 4.98 Å². The van der Waals surface area contributed by atoms with E-state index in [0.29, 0.717) is 5.41 Å². The van der Waals surface area contributed by atoms with E-state index in [1.165, 1.54) is 6.42 Å². The van der Waals surface area contributed by atoms with Crippen molar-refractivity contribution in [2.45, 2.75) is 40.7 Å². The zero-order valence-electron chi connectivity index (χ0n) is 12.7. The highest BCUT2D eigenvalue weighted by Gasteiger charge is 2.32. The van der Waals surface area contributed by atoms with Gasteiger partial charge >= 0.3 is 0 Å². The van der Waals surface area contributed by atoms with E-state index in [2.05, 4.69) is 56.1 Å². The number of pyridine rings is 1. The molecular weight excluding hydrogens is 234 g/mol. The van der Waals surface area contributed by atoms with E-state index in [0.717, 1.165) is 43.6 Å². The SMILES string of the molecule is CCNCc1cccc(N2CCC(C(C)(C)C)C2)n1. The third kappa shape index (κ3) is 3.69. The van der Waals surface area contributed by atoms with E-state index in [4.69, 9.17) is 4.98 Å². The van der Waals surface area contributed by atoms with Gasteiger partial charge in [0.15, 0.2) is 0 Å². The molecule has 0 amide bonds. The van der Waals surface area contributed by atoms with Gasteiger partial charge in [0, 0.05) is 19.6 Å². The van der Waals surface area contributed by atoms with Crippen LogP contribution in [0, 0.1) is 11.3 Å². The maximum Gasteiger partial charge on any atom is 0.128 e. The second kappa shape index (κ2) is 5.91. The molecular formula is C16H27N3. The lowest BCUT2D eigenvalue weighted by molar-refractivity contribution is 0.263. The van der Waals surface area contributed by atoms with E-state index in [1.54, 1.807) is 0 Å². The lowest BCUT2D eigenvalue weighted by Crippen LogP contribution is -2.26. The first-order chi connectivity index (χ1) is 9.00. The average Bonchev–Trinajstić information content (AvgIpc) is 2.86. The second-order valence-electron chi connectivity index (χ2n) is 6.57. The highest BCUT2D eigenvalue weighted by Crippen LogP contribution is 2.35. The molecule has 1 aromatic heterocycles. The van der Waals surface area contributed by atoms with Crippen molar-refractivity contribution in [3.8, 4) is 0 Å². The summed E-state index contributed by atoms with van der Waals surface area (Å²) >= 11 is 0. The summed E-state index contributed by atoms with van der Waals surface area (Å²) < 4.78 is 0. The Labute approximate surface area is 117 Å². The first-order valence-electron chi connectivity index (χ1n) is 7.42. The monoisotopic (exact) mass is 261 g/mol. The molecule has 19 heavy (non-hydrogen) atoms. The first kappa shape index (κ1) is 14.3. The standard InChI is InChI=1S/C16H27N3/c1-5-17-11-14-7-6-8-15(18-14)19-10-9-13(12-19)16(2,3)4/h6-8,13,17H,5,9-12H2,1-4H3. The Balaban J connectivity index is 2.03. The summed E-state index contributed by atoms with van der Waals surface area (Å²) in [5, 5.41) is 3.33. The minimum atomic E-state index is 0.399. The molecule has 106 valence electrons. The van der Waals surface area contributed by atoms with Gasteiger partial charge in [-0.15, -0.1) is 0 Å². The van der Waals surface area contributed by atoms with Crippen LogP contribution in [0.2, 0.25) is 0 Å².